The smallest absolute Gasteiger partial charge is 0.293 e. The van der Waals surface area contributed by atoms with E-state index in [0.29, 0.717) is 51.3 Å². The number of nitrogens with zero attached hydrogens (tertiary/aromatic N) is 3. The van der Waals surface area contributed by atoms with Crippen molar-refractivity contribution in [2.24, 2.45) is 5.92 Å². The van der Waals surface area contributed by atoms with Crippen LogP contribution in [-0.4, -0.2) is 94.7 Å². The highest BCUT2D eigenvalue weighted by molar-refractivity contribution is 5.94. The Kier molecular flexibility index (Phi) is 9.13. The molecule has 4 amide bonds. The lowest BCUT2D eigenvalue weighted by Crippen LogP contribution is -2.59. The summed E-state index contributed by atoms with van der Waals surface area (Å²) in [6.07, 6.45) is 3.78. The van der Waals surface area contributed by atoms with Gasteiger partial charge in [-0.25, -0.2) is 0 Å². The molecule has 0 bridgehead atoms. The Hall–Kier alpha value is -2.65. The molecule has 10 nitrogen and oxygen atoms in total. The summed E-state index contributed by atoms with van der Waals surface area (Å²) in [5.41, 5.74) is 0. The highest BCUT2D eigenvalue weighted by Gasteiger charge is 2.42. The van der Waals surface area contributed by atoms with Gasteiger partial charge in [0.05, 0.1) is 6.42 Å². The van der Waals surface area contributed by atoms with E-state index in [-0.39, 0.29) is 36.1 Å². The minimum Gasteiger partial charge on any atom is -0.464 e. The number of likely N-dealkylation sites (tertiary alicyclic amines) is 3. The molecule has 196 valence electrons. The first kappa shape index (κ1) is 26.9. The van der Waals surface area contributed by atoms with Crippen LogP contribution in [0.25, 0.3) is 0 Å². The molecule has 3 fully saturated rings. The summed E-state index contributed by atoms with van der Waals surface area (Å²) >= 11 is 0. The molecule has 0 aromatic carbocycles. The monoisotopic (exact) mass is 492 g/mol. The molecule has 3 aliphatic heterocycles. The standard InChI is InChI=1S/C25H40N4O6/c1-16-12-17(2)29(14-16)24(33)19(4)26-23(32)20-8-5-6-10-28(20)25(34)21-9-7-11-27(21)22(31)13-18(3)35-15-30/h15-21H,5-14H2,1-4H3,(H,26,32)/t16-,17?,18?,19?,20?,21?/m1/s1. The SMILES string of the molecule is CC(CC(=O)N1CCCC1C(=O)N1CCCCC1C(=O)NC(C)C(=O)N1C[C@H](C)CC1C)OC=O. The quantitative estimate of drug-likeness (QED) is 0.507. The summed E-state index contributed by atoms with van der Waals surface area (Å²) in [5.74, 6) is -0.429. The second-order valence-corrected chi connectivity index (χ2v) is 10.4. The van der Waals surface area contributed by atoms with Gasteiger partial charge in [-0.1, -0.05) is 6.92 Å². The molecule has 1 N–H and O–H groups in total. The van der Waals surface area contributed by atoms with Crippen LogP contribution in [0.4, 0.5) is 0 Å². The van der Waals surface area contributed by atoms with Crippen LogP contribution < -0.4 is 5.32 Å². The first-order valence-electron chi connectivity index (χ1n) is 12.9. The largest absolute Gasteiger partial charge is 0.464 e. The average Bonchev–Trinajstić information content (AvgIpc) is 3.44. The summed E-state index contributed by atoms with van der Waals surface area (Å²) in [6, 6.07) is -1.80. The molecular formula is C25H40N4O6. The van der Waals surface area contributed by atoms with E-state index in [2.05, 4.69) is 12.2 Å². The fraction of sp³-hybridized carbons (Fsp3) is 0.800. The predicted octanol–water partition coefficient (Wildman–Crippen LogP) is 1.07. The molecule has 3 aliphatic rings. The van der Waals surface area contributed by atoms with Crippen LogP contribution in [0.3, 0.4) is 0 Å². The van der Waals surface area contributed by atoms with E-state index in [1.165, 1.54) is 0 Å². The summed E-state index contributed by atoms with van der Waals surface area (Å²) in [4.78, 5) is 68.0. The highest BCUT2D eigenvalue weighted by atomic mass is 16.5. The van der Waals surface area contributed by atoms with E-state index in [1.807, 2.05) is 11.8 Å². The van der Waals surface area contributed by atoms with Crippen LogP contribution in [-0.2, 0) is 28.7 Å². The summed E-state index contributed by atoms with van der Waals surface area (Å²) in [7, 11) is 0. The van der Waals surface area contributed by atoms with Gasteiger partial charge >= 0.3 is 0 Å². The molecule has 0 radical (unpaired) electrons. The Morgan fingerprint density at radius 3 is 2.31 bits per heavy atom. The molecule has 0 saturated carbocycles. The Morgan fingerprint density at radius 1 is 0.971 bits per heavy atom. The van der Waals surface area contributed by atoms with Crippen LogP contribution in [0.15, 0.2) is 0 Å². The van der Waals surface area contributed by atoms with Gasteiger partial charge in [-0.3, -0.25) is 24.0 Å². The molecule has 0 aromatic heterocycles. The molecule has 5 unspecified atom stereocenters. The van der Waals surface area contributed by atoms with Gasteiger partial charge in [0.2, 0.25) is 23.6 Å². The van der Waals surface area contributed by atoms with Gasteiger partial charge in [0.1, 0.15) is 24.2 Å². The third-order valence-corrected chi connectivity index (χ3v) is 7.49. The average molecular weight is 493 g/mol. The normalized spacial score (nSPS) is 28.4. The predicted molar refractivity (Wildman–Crippen MR) is 128 cm³/mol. The maximum atomic E-state index is 13.5. The lowest BCUT2D eigenvalue weighted by Gasteiger charge is -2.38. The van der Waals surface area contributed by atoms with Crippen LogP contribution in [0.5, 0.6) is 0 Å². The fourth-order valence-corrected chi connectivity index (χ4v) is 5.71. The Balaban J connectivity index is 1.64. The van der Waals surface area contributed by atoms with Gasteiger partial charge in [0, 0.05) is 25.7 Å². The number of carbonyl (C=O) groups is 5. The first-order chi connectivity index (χ1) is 16.6. The van der Waals surface area contributed by atoms with E-state index in [4.69, 9.17) is 4.74 Å². The number of amides is 4. The van der Waals surface area contributed by atoms with Crippen molar-refractivity contribution in [3.63, 3.8) is 0 Å². The topological polar surface area (TPSA) is 116 Å². The van der Waals surface area contributed by atoms with Crippen molar-refractivity contribution in [1.82, 2.24) is 20.0 Å². The number of piperidine rings is 1. The fourth-order valence-electron chi connectivity index (χ4n) is 5.71. The van der Waals surface area contributed by atoms with Crippen molar-refractivity contribution in [3.05, 3.63) is 0 Å². The van der Waals surface area contributed by atoms with Crippen LogP contribution in [0, 0.1) is 5.92 Å². The minimum absolute atomic E-state index is 0.0135. The lowest BCUT2D eigenvalue weighted by molar-refractivity contribution is -0.151. The van der Waals surface area contributed by atoms with Gasteiger partial charge in [-0.05, 0) is 65.2 Å². The van der Waals surface area contributed by atoms with Crippen LogP contribution >= 0.6 is 0 Å². The van der Waals surface area contributed by atoms with E-state index in [1.54, 1.807) is 23.6 Å². The van der Waals surface area contributed by atoms with Crippen molar-refractivity contribution >= 4 is 30.1 Å². The Bertz CT molecular complexity index is 820. The molecule has 35 heavy (non-hydrogen) atoms. The third-order valence-electron chi connectivity index (χ3n) is 7.49. The minimum atomic E-state index is -0.669. The zero-order valence-corrected chi connectivity index (χ0v) is 21.4. The summed E-state index contributed by atoms with van der Waals surface area (Å²) in [6.45, 7) is 9.40. The third kappa shape index (κ3) is 6.32. The first-order valence-corrected chi connectivity index (χ1v) is 12.9. The molecule has 10 heteroatoms. The molecule has 0 aromatic rings. The maximum absolute atomic E-state index is 13.5. The van der Waals surface area contributed by atoms with Gasteiger partial charge in [-0.15, -0.1) is 0 Å². The highest BCUT2D eigenvalue weighted by Crippen LogP contribution is 2.26. The molecule has 0 aliphatic carbocycles. The number of rotatable bonds is 8. The number of carbonyl (C=O) groups excluding carboxylic acids is 5. The van der Waals surface area contributed by atoms with Gasteiger partial charge in [-0.2, -0.15) is 0 Å². The zero-order valence-electron chi connectivity index (χ0n) is 21.4. The lowest BCUT2D eigenvalue weighted by atomic mass is 9.99. The summed E-state index contributed by atoms with van der Waals surface area (Å²) in [5, 5.41) is 2.86. The summed E-state index contributed by atoms with van der Waals surface area (Å²) < 4.78 is 4.83. The number of nitrogens with one attached hydrogen (secondary N) is 1. The molecule has 3 saturated heterocycles. The van der Waals surface area contributed by atoms with E-state index in [9.17, 15) is 24.0 Å². The van der Waals surface area contributed by atoms with Gasteiger partial charge in [0.25, 0.3) is 6.47 Å². The molecule has 6 atom stereocenters. The molecule has 0 spiro atoms. The molecular weight excluding hydrogens is 452 g/mol. The second-order valence-electron chi connectivity index (χ2n) is 10.4. The van der Waals surface area contributed by atoms with Gasteiger partial charge in [0.15, 0.2) is 0 Å². The van der Waals surface area contributed by atoms with Crippen molar-refractivity contribution in [1.29, 1.82) is 0 Å². The number of hydrogen-bond donors (Lipinski definition) is 1. The van der Waals surface area contributed by atoms with Crippen LogP contribution in [0.1, 0.15) is 72.6 Å². The van der Waals surface area contributed by atoms with Gasteiger partial charge < -0.3 is 24.8 Å². The van der Waals surface area contributed by atoms with Crippen molar-refractivity contribution in [3.8, 4) is 0 Å². The van der Waals surface area contributed by atoms with Crippen molar-refractivity contribution in [2.75, 3.05) is 19.6 Å². The Labute approximate surface area is 207 Å². The van der Waals surface area contributed by atoms with Crippen LogP contribution in [0.2, 0.25) is 0 Å². The van der Waals surface area contributed by atoms with E-state index < -0.39 is 24.2 Å². The van der Waals surface area contributed by atoms with E-state index in [0.717, 1.165) is 19.3 Å². The zero-order chi connectivity index (χ0) is 25.7. The number of hydrogen-bond acceptors (Lipinski definition) is 6. The van der Waals surface area contributed by atoms with E-state index >= 15 is 0 Å². The maximum Gasteiger partial charge on any atom is 0.293 e. The number of ether oxygens (including phenoxy) is 1. The molecule has 3 heterocycles. The molecule has 3 rings (SSSR count). The van der Waals surface area contributed by atoms with Crippen molar-refractivity contribution < 1.29 is 28.7 Å². The van der Waals surface area contributed by atoms with Crippen molar-refractivity contribution in [2.45, 2.75) is 103 Å². The second kappa shape index (κ2) is 11.9. The Morgan fingerprint density at radius 2 is 1.66 bits per heavy atom.